The fourth-order valence-electron chi connectivity index (χ4n) is 2.56. The number of hydrogen-bond donors (Lipinski definition) is 2. The second kappa shape index (κ2) is 6.83. The first-order valence-corrected chi connectivity index (χ1v) is 8.54. The molecule has 0 amide bonds. The van der Waals surface area contributed by atoms with Crippen molar-refractivity contribution in [1.82, 2.24) is 9.62 Å². The number of rotatable bonds is 6. The van der Waals surface area contributed by atoms with Gasteiger partial charge in [0.25, 0.3) is 0 Å². The van der Waals surface area contributed by atoms with Gasteiger partial charge in [-0.25, -0.2) is 17.5 Å². The Balaban J connectivity index is 2.06. The molecule has 21 heavy (non-hydrogen) atoms. The van der Waals surface area contributed by atoms with Crippen molar-refractivity contribution in [2.24, 2.45) is 0 Å². The Morgan fingerprint density at radius 1 is 1.38 bits per heavy atom. The third-order valence-corrected chi connectivity index (χ3v) is 5.17. The number of benzene rings is 1. The number of aliphatic hydroxyl groups is 1. The Labute approximate surface area is 124 Å². The van der Waals surface area contributed by atoms with Crippen LogP contribution in [0.3, 0.4) is 0 Å². The second-order valence-electron chi connectivity index (χ2n) is 5.44. The molecular weight excluding hydrogens is 295 g/mol. The summed E-state index contributed by atoms with van der Waals surface area (Å²) in [6.07, 6.45) is 2.30. The molecule has 2 rings (SSSR count). The molecule has 1 heterocycles. The molecule has 1 aromatic carbocycles. The maximum atomic E-state index is 13.3. The van der Waals surface area contributed by atoms with E-state index < -0.39 is 22.4 Å². The molecule has 118 valence electrons. The SMILES string of the molecule is CC(CN1CCCC1)NS(=O)(=O)c1ccc(F)c(CO)c1. The maximum Gasteiger partial charge on any atom is 0.240 e. The summed E-state index contributed by atoms with van der Waals surface area (Å²) in [6.45, 7) is 3.94. The summed E-state index contributed by atoms with van der Waals surface area (Å²) in [7, 11) is -3.70. The number of nitrogens with zero attached hydrogens (tertiary/aromatic N) is 1. The van der Waals surface area contributed by atoms with E-state index >= 15 is 0 Å². The van der Waals surface area contributed by atoms with E-state index in [1.165, 1.54) is 12.1 Å². The lowest BCUT2D eigenvalue weighted by Crippen LogP contribution is -2.41. The van der Waals surface area contributed by atoms with Crippen molar-refractivity contribution in [2.75, 3.05) is 19.6 Å². The minimum Gasteiger partial charge on any atom is -0.392 e. The average molecular weight is 316 g/mol. The third-order valence-electron chi connectivity index (χ3n) is 3.58. The Hall–Kier alpha value is -1.02. The smallest absolute Gasteiger partial charge is 0.240 e. The Bertz CT molecular complexity index is 586. The summed E-state index contributed by atoms with van der Waals surface area (Å²) in [5, 5.41) is 9.02. The number of hydrogen-bond acceptors (Lipinski definition) is 4. The quantitative estimate of drug-likeness (QED) is 0.824. The number of sulfonamides is 1. The zero-order chi connectivity index (χ0) is 15.5. The van der Waals surface area contributed by atoms with Crippen LogP contribution in [0.25, 0.3) is 0 Å². The molecule has 0 saturated carbocycles. The van der Waals surface area contributed by atoms with E-state index in [0.717, 1.165) is 32.0 Å². The number of aliphatic hydroxyl groups excluding tert-OH is 1. The van der Waals surface area contributed by atoms with E-state index in [1.54, 1.807) is 0 Å². The van der Waals surface area contributed by atoms with Crippen molar-refractivity contribution < 1.29 is 17.9 Å². The molecule has 1 atom stereocenters. The van der Waals surface area contributed by atoms with Crippen molar-refractivity contribution in [3.8, 4) is 0 Å². The van der Waals surface area contributed by atoms with Crippen molar-refractivity contribution in [2.45, 2.75) is 37.3 Å². The van der Waals surface area contributed by atoms with Gasteiger partial charge in [-0.2, -0.15) is 0 Å². The minimum absolute atomic E-state index is 0.0231. The van der Waals surface area contributed by atoms with E-state index in [0.29, 0.717) is 6.54 Å². The van der Waals surface area contributed by atoms with E-state index in [9.17, 15) is 12.8 Å². The molecule has 5 nitrogen and oxygen atoms in total. The van der Waals surface area contributed by atoms with Crippen LogP contribution in [-0.4, -0.2) is 44.1 Å². The molecule has 0 spiro atoms. The fraction of sp³-hybridized carbons (Fsp3) is 0.571. The molecule has 0 aromatic heterocycles. The standard InChI is InChI=1S/C14H21FN2O3S/c1-11(9-17-6-2-3-7-17)16-21(19,20)13-4-5-14(15)12(8-13)10-18/h4-5,8,11,16,18H,2-3,6-7,9-10H2,1H3. The maximum absolute atomic E-state index is 13.3. The zero-order valence-corrected chi connectivity index (χ0v) is 12.9. The van der Waals surface area contributed by atoms with Gasteiger partial charge in [-0.1, -0.05) is 0 Å². The Morgan fingerprint density at radius 2 is 2.05 bits per heavy atom. The summed E-state index contributed by atoms with van der Waals surface area (Å²) in [5.74, 6) is -0.610. The number of halogens is 1. The summed E-state index contributed by atoms with van der Waals surface area (Å²) < 4.78 is 40.4. The van der Waals surface area contributed by atoms with Gasteiger partial charge in [0.2, 0.25) is 10.0 Å². The second-order valence-corrected chi connectivity index (χ2v) is 7.16. The molecule has 7 heteroatoms. The number of likely N-dealkylation sites (tertiary alicyclic amines) is 1. The molecule has 1 aromatic rings. The highest BCUT2D eigenvalue weighted by molar-refractivity contribution is 7.89. The van der Waals surface area contributed by atoms with Crippen LogP contribution >= 0.6 is 0 Å². The van der Waals surface area contributed by atoms with Crippen LogP contribution in [0.15, 0.2) is 23.1 Å². The highest BCUT2D eigenvalue weighted by atomic mass is 32.2. The average Bonchev–Trinajstić information content (AvgIpc) is 2.91. The highest BCUT2D eigenvalue weighted by Crippen LogP contribution is 2.16. The summed E-state index contributed by atoms with van der Waals surface area (Å²) in [6, 6.07) is 3.21. The van der Waals surface area contributed by atoms with Crippen LogP contribution in [0, 0.1) is 5.82 Å². The van der Waals surface area contributed by atoms with Crippen molar-refractivity contribution in [3.05, 3.63) is 29.6 Å². The lowest BCUT2D eigenvalue weighted by molar-refractivity contribution is 0.275. The normalized spacial score (nSPS) is 18.0. The van der Waals surface area contributed by atoms with Gasteiger partial charge in [0.1, 0.15) is 5.82 Å². The van der Waals surface area contributed by atoms with Gasteiger partial charge in [-0.15, -0.1) is 0 Å². The minimum atomic E-state index is -3.70. The van der Waals surface area contributed by atoms with Gasteiger partial charge in [0.15, 0.2) is 0 Å². The van der Waals surface area contributed by atoms with Crippen LogP contribution in [0.1, 0.15) is 25.3 Å². The summed E-state index contributed by atoms with van der Waals surface area (Å²) >= 11 is 0. The summed E-state index contributed by atoms with van der Waals surface area (Å²) in [4.78, 5) is 2.19. The lowest BCUT2D eigenvalue weighted by atomic mass is 10.2. The third kappa shape index (κ3) is 4.23. The van der Waals surface area contributed by atoms with Gasteiger partial charge in [-0.05, 0) is 51.1 Å². The molecule has 2 N–H and O–H groups in total. The van der Waals surface area contributed by atoms with E-state index in [1.807, 2.05) is 6.92 Å². The first-order valence-electron chi connectivity index (χ1n) is 7.06. The molecule has 1 fully saturated rings. The largest absolute Gasteiger partial charge is 0.392 e. The molecule has 1 aliphatic rings. The Morgan fingerprint density at radius 3 is 2.67 bits per heavy atom. The van der Waals surface area contributed by atoms with E-state index in [2.05, 4.69) is 9.62 Å². The van der Waals surface area contributed by atoms with Crippen molar-refractivity contribution >= 4 is 10.0 Å². The van der Waals surface area contributed by atoms with Crippen LogP contribution < -0.4 is 4.72 Å². The van der Waals surface area contributed by atoms with Gasteiger partial charge in [0, 0.05) is 18.2 Å². The van der Waals surface area contributed by atoms with Crippen molar-refractivity contribution in [3.63, 3.8) is 0 Å². The molecule has 0 aliphatic carbocycles. The predicted molar refractivity (Wildman–Crippen MR) is 77.8 cm³/mol. The Kier molecular flexibility index (Phi) is 5.32. The zero-order valence-electron chi connectivity index (χ0n) is 12.0. The fourth-order valence-corrected chi connectivity index (χ4v) is 3.85. The first-order chi connectivity index (χ1) is 9.92. The topological polar surface area (TPSA) is 69.6 Å². The van der Waals surface area contributed by atoms with Gasteiger partial charge in [0.05, 0.1) is 11.5 Å². The van der Waals surface area contributed by atoms with E-state index in [4.69, 9.17) is 5.11 Å². The molecular formula is C14H21FN2O3S. The van der Waals surface area contributed by atoms with Crippen LogP contribution in [-0.2, 0) is 16.6 Å². The first kappa shape index (κ1) is 16.4. The predicted octanol–water partition coefficient (Wildman–Crippen LogP) is 1.08. The highest BCUT2D eigenvalue weighted by Gasteiger charge is 2.21. The van der Waals surface area contributed by atoms with Gasteiger partial charge < -0.3 is 10.0 Å². The lowest BCUT2D eigenvalue weighted by Gasteiger charge is -2.21. The molecule has 0 radical (unpaired) electrons. The molecule has 1 aliphatic heterocycles. The molecule has 1 unspecified atom stereocenters. The van der Waals surface area contributed by atoms with Gasteiger partial charge >= 0.3 is 0 Å². The monoisotopic (exact) mass is 316 g/mol. The van der Waals surface area contributed by atoms with Crippen LogP contribution in [0.2, 0.25) is 0 Å². The van der Waals surface area contributed by atoms with Gasteiger partial charge in [-0.3, -0.25) is 0 Å². The molecule has 0 bridgehead atoms. The van der Waals surface area contributed by atoms with Crippen molar-refractivity contribution in [1.29, 1.82) is 0 Å². The van der Waals surface area contributed by atoms with Crippen LogP contribution in [0.5, 0.6) is 0 Å². The number of nitrogens with one attached hydrogen (secondary N) is 1. The summed E-state index contributed by atoms with van der Waals surface area (Å²) in [5.41, 5.74) is -0.0231. The molecule has 1 saturated heterocycles. The van der Waals surface area contributed by atoms with E-state index in [-0.39, 0.29) is 16.5 Å². The van der Waals surface area contributed by atoms with Crippen LogP contribution in [0.4, 0.5) is 4.39 Å².